The van der Waals surface area contributed by atoms with Gasteiger partial charge in [-0.15, -0.1) is 0 Å². The highest BCUT2D eigenvalue weighted by atomic mass is 16.2. The highest BCUT2D eigenvalue weighted by molar-refractivity contribution is 5.78. The summed E-state index contributed by atoms with van der Waals surface area (Å²) in [4.78, 5) is 25.5. The van der Waals surface area contributed by atoms with Crippen LogP contribution in [0.5, 0.6) is 0 Å². The lowest BCUT2D eigenvalue weighted by Crippen LogP contribution is -2.55. The van der Waals surface area contributed by atoms with Crippen LogP contribution in [0.3, 0.4) is 0 Å². The molecule has 0 aliphatic carbocycles. The molecule has 2 N–H and O–H groups in total. The van der Waals surface area contributed by atoms with E-state index in [1.165, 1.54) is 0 Å². The highest BCUT2D eigenvalue weighted by Gasteiger charge is 2.35. The molecule has 3 saturated heterocycles. The Bertz CT molecular complexity index is 354. The maximum absolute atomic E-state index is 12.2. The van der Waals surface area contributed by atoms with Crippen LogP contribution >= 0.6 is 0 Å². The summed E-state index contributed by atoms with van der Waals surface area (Å²) in [5, 5.41) is 6.26. The molecule has 2 atom stereocenters. The van der Waals surface area contributed by atoms with Crippen molar-refractivity contribution in [1.29, 1.82) is 0 Å². The quantitative estimate of drug-likeness (QED) is 0.710. The van der Waals surface area contributed by atoms with Crippen molar-refractivity contribution in [3.63, 3.8) is 0 Å². The number of carbonyl (C=O) groups is 2. The third kappa shape index (κ3) is 2.36. The summed E-state index contributed by atoms with van der Waals surface area (Å²) < 4.78 is 0. The molecule has 0 aromatic rings. The molecule has 0 spiro atoms. The van der Waals surface area contributed by atoms with E-state index >= 15 is 0 Å². The fourth-order valence-corrected chi connectivity index (χ4v) is 3.21. The first kappa shape index (κ1) is 12.0. The molecule has 3 aliphatic heterocycles. The molecule has 3 rings (SSSR count). The van der Waals surface area contributed by atoms with Crippen molar-refractivity contribution in [3.05, 3.63) is 0 Å². The van der Waals surface area contributed by atoms with Crippen LogP contribution in [0.2, 0.25) is 0 Å². The number of hydrogen-bond donors (Lipinski definition) is 2. The number of amides is 2. The van der Waals surface area contributed by atoms with E-state index in [1.807, 2.05) is 4.90 Å². The minimum atomic E-state index is 0.177. The molecular weight excluding hydrogens is 230 g/mol. The third-order valence-electron chi connectivity index (χ3n) is 4.50. The second-order valence-corrected chi connectivity index (χ2v) is 5.83. The zero-order valence-corrected chi connectivity index (χ0v) is 10.7. The smallest absolute Gasteiger partial charge is 0.222 e. The SMILES string of the molecule is O=C1CCC2CN(C(=O)CC3CNC3)CCC2N1. The molecule has 2 unspecified atom stereocenters. The summed E-state index contributed by atoms with van der Waals surface area (Å²) in [6.07, 6.45) is 3.17. The average molecular weight is 251 g/mol. The van der Waals surface area contributed by atoms with Crippen molar-refractivity contribution >= 4 is 11.8 Å². The van der Waals surface area contributed by atoms with Crippen LogP contribution in [0.25, 0.3) is 0 Å². The van der Waals surface area contributed by atoms with Crippen LogP contribution in [0, 0.1) is 11.8 Å². The topological polar surface area (TPSA) is 61.4 Å². The Balaban J connectivity index is 1.53. The van der Waals surface area contributed by atoms with Crippen molar-refractivity contribution in [3.8, 4) is 0 Å². The zero-order chi connectivity index (χ0) is 12.5. The maximum Gasteiger partial charge on any atom is 0.222 e. The Morgan fingerprint density at radius 3 is 2.89 bits per heavy atom. The molecule has 0 saturated carbocycles. The number of likely N-dealkylation sites (tertiary alicyclic amines) is 1. The van der Waals surface area contributed by atoms with E-state index in [0.29, 0.717) is 36.6 Å². The molecule has 100 valence electrons. The number of carbonyl (C=O) groups excluding carboxylic acids is 2. The molecule has 0 aromatic heterocycles. The summed E-state index contributed by atoms with van der Waals surface area (Å²) in [5.74, 6) is 1.50. The van der Waals surface area contributed by atoms with Crippen LogP contribution in [0.15, 0.2) is 0 Å². The fraction of sp³-hybridized carbons (Fsp3) is 0.846. The minimum Gasteiger partial charge on any atom is -0.353 e. The summed E-state index contributed by atoms with van der Waals surface area (Å²) in [6.45, 7) is 3.62. The van der Waals surface area contributed by atoms with Gasteiger partial charge < -0.3 is 15.5 Å². The molecular formula is C13H21N3O2. The van der Waals surface area contributed by atoms with Gasteiger partial charge in [0.05, 0.1) is 0 Å². The van der Waals surface area contributed by atoms with E-state index in [9.17, 15) is 9.59 Å². The van der Waals surface area contributed by atoms with E-state index in [4.69, 9.17) is 0 Å². The Kier molecular flexibility index (Phi) is 3.24. The maximum atomic E-state index is 12.2. The molecule has 0 aromatic carbocycles. The number of nitrogens with zero attached hydrogens (tertiary/aromatic N) is 1. The van der Waals surface area contributed by atoms with Gasteiger partial charge in [-0.3, -0.25) is 9.59 Å². The van der Waals surface area contributed by atoms with Gasteiger partial charge in [-0.05, 0) is 37.8 Å². The summed E-state index contributed by atoms with van der Waals surface area (Å²) in [7, 11) is 0. The molecule has 2 amide bonds. The molecule has 3 heterocycles. The Labute approximate surface area is 107 Å². The Hall–Kier alpha value is -1.10. The van der Waals surface area contributed by atoms with Crippen molar-refractivity contribution < 1.29 is 9.59 Å². The first-order valence-corrected chi connectivity index (χ1v) is 7.00. The van der Waals surface area contributed by atoms with Crippen LogP contribution in [0.4, 0.5) is 0 Å². The van der Waals surface area contributed by atoms with E-state index in [0.717, 1.165) is 39.0 Å². The van der Waals surface area contributed by atoms with Crippen LogP contribution < -0.4 is 10.6 Å². The van der Waals surface area contributed by atoms with Gasteiger partial charge in [-0.25, -0.2) is 0 Å². The number of nitrogens with one attached hydrogen (secondary N) is 2. The van der Waals surface area contributed by atoms with Crippen molar-refractivity contribution in [2.75, 3.05) is 26.2 Å². The van der Waals surface area contributed by atoms with E-state index < -0.39 is 0 Å². The summed E-state index contributed by atoms with van der Waals surface area (Å²) in [6, 6.07) is 0.306. The van der Waals surface area contributed by atoms with Crippen LogP contribution in [0.1, 0.15) is 25.7 Å². The van der Waals surface area contributed by atoms with Gasteiger partial charge >= 0.3 is 0 Å². The fourth-order valence-electron chi connectivity index (χ4n) is 3.21. The second kappa shape index (κ2) is 4.88. The Morgan fingerprint density at radius 2 is 2.17 bits per heavy atom. The first-order valence-electron chi connectivity index (χ1n) is 7.00. The van der Waals surface area contributed by atoms with Gasteiger partial charge in [0.15, 0.2) is 0 Å². The van der Waals surface area contributed by atoms with Gasteiger partial charge in [-0.1, -0.05) is 0 Å². The monoisotopic (exact) mass is 251 g/mol. The summed E-state index contributed by atoms with van der Waals surface area (Å²) in [5.41, 5.74) is 0. The standard InChI is InChI=1S/C13H21N3O2/c17-12-2-1-10-8-16(4-3-11(10)15-12)13(18)5-9-6-14-7-9/h9-11,14H,1-8H2,(H,15,17). The predicted molar refractivity (Wildman–Crippen MR) is 66.8 cm³/mol. The van der Waals surface area contributed by atoms with Crippen molar-refractivity contribution in [2.45, 2.75) is 31.7 Å². The van der Waals surface area contributed by atoms with Gasteiger partial charge in [-0.2, -0.15) is 0 Å². The van der Waals surface area contributed by atoms with Gasteiger partial charge in [0.1, 0.15) is 0 Å². The molecule has 18 heavy (non-hydrogen) atoms. The number of fused-ring (bicyclic) bond motifs is 1. The average Bonchev–Trinajstić information content (AvgIpc) is 2.33. The van der Waals surface area contributed by atoms with Crippen LogP contribution in [-0.2, 0) is 9.59 Å². The number of rotatable bonds is 2. The molecule has 5 nitrogen and oxygen atoms in total. The lowest BCUT2D eigenvalue weighted by molar-refractivity contribution is -0.136. The van der Waals surface area contributed by atoms with Gasteiger partial charge in [0.2, 0.25) is 11.8 Å². The van der Waals surface area contributed by atoms with E-state index in [2.05, 4.69) is 10.6 Å². The normalized spacial score (nSPS) is 32.4. The molecule has 3 fully saturated rings. The van der Waals surface area contributed by atoms with Crippen LogP contribution in [-0.4, -0.2) is 48.9 Å². The third-order valence-corrected chi connectivity index (χ3v) is 4.50. The molecule has 0 bridgehead atoms. The van der Waals surface area contributed by atoms with Crippen molar-refractivity contribution in [2.24, 2.45) is 11.8 Å². The Morgan fingerprint density at radius 1 is 1.33 bits per heavy atom. The number of hydrogen-bond acceptors (Lipinski definition) is 3. The van der Waals surface area contributed by atoms with Gasteiger partial charge in [0.25, 0.3) is 0 Å². The molecule has 0 radical (unpaired) electrons. The second-order valence-electron chi connectivity index (χ2n) is 5.83. The summed E-state index contributed by atoms with van der Waals surface area (Å²) >= 11 is 0. The van der Waals surface area contributed by atoms with Crippen molar-refractivity contribution in [1.82, 2.24) is 15.5 Å². The first-order chi connectivity index (χ1) is 8.72. The number of piperidine rings is 2. The lowest BCUT2D eigenvalue weighted by Gasteiger charge is -2.42. The van der Waals surface area contributed by atoms with E-state index in [1.54, 1.807) is 0 Å². The highest BCUT2D eigenvalue weighted by Crippen LogP contribution is 2.26. The zero-order valence-electron chi connectivity index (χ0n) is 10.7. The van der Waals surface area contributed by atoms with E-state index in [-0.39, 0.29) is 5.91 Å². The molecule has 3 aliphatic rings. The molecule has 5 heteroatoms. The largest absolute Gasteiger partial charge is 0.353 e. The van der Waals surface area contributed by atoms with Gasteiger partial charge in [0, 0.05) is 32.0 Å². The minimum absolute atomic E-state index is 0.177. The lowest BCUT2D eigenvalue weighted by atomic mass is 9.85. The predicted octanol–water partition coefficient (Wildman–Crippen LogP) is -0.277.